The van der Waals surface area contributed by atoms with Crippen molar-refractivity contribution in [3.8, 4) is 0 Å². The van der Waals surface area contributed by atoms with Crippen molar-refractivity contribution in [1.82, 2.24) is 4.57 Å². The van der Waals surface area contributed by atoms with E-state index in [4.69, 9.17) is 0 Å². The number of aldehydes is 1. The lowest BCUT2D eigenvalue weighted by Gasteiger charge is -2.07. The molecule has 0 amide bonds. The highest BCUT2D eigenvalue weighted by molar-refractivity contribution is 14.1. The zero-order valence-electron chi connectivity index (χ0n) is 6.54. The summed E-state index contributed by atoms with van der Waals surface area (Å²) in [4.78, 5) is 10.5. The van der Waals surface area contributed by atoms with Crippen LogP contribution in [0, 0.1) is 3.57 Å². The van der Waals surface area contributed by atoms with Crippen molar-refractivity contribution >= 4 is 28.9 Å². The van der Waals surface area contributed by atoms with Gasteiger partial charge in [0.05, 0.1) is 5.69 Å². The van der Waals surface area contributed by atoms with E-state index in [1.165, 1.54) is 0 Å². The van der Waals surface area contributed by atoms with Crippen LogP contribution in [0.5, 0.6) is 0 Å². The first kappa shape index (κ1) is 8.77. The number of aromatic nitrogens is 1. The Morgan fingerprint density at radius 1 is 1.64 bits per heavy atom. The summed E-state index contributed by atoms with van der Waals surface area (Å²) in [6.45, 7) is 4.12. The quantitative estimate of drug-likeness (QED) is 0.593. The Bertz CT molecular complexity index is 265. The van der Waals surface area contributed by atoms with Gasteiger partial charge in [-0.3, -0.25) is 4.79 Å². The van der Waals surface area contributed by atoms with Crippen molar-refractivity contribution in [2.75, 3.05) is 0 Å². The second kappa shape index (κ2) is 3.38. The van der Waals surface area contributed by atoms with Crippen LogP contribution in [-0.2, 0) is 0 Å². The highest BCUT2D eigenvalue weighted by Gasteiger charge is 2.04. The maximum Gasteiger partial charge on any atom is 0.166 e. The van der Waals surface area contributed by atoms with Crippen molar-refractivity contribution in [2.45, 2.75) is 19.9 Å². The van der Waals surface area contributed by atoms with Gasteiger partial charge in [0.1, 0.15) is 0 Å². The highest BCUT2D eigenvalue weighted by Crippen LogP contribution is 2.14. The average molecular weight is 263 g/mol. The molecule has 11 heavy (non-hydrogen) atoms. The van der Waals surface area contributed by atoms with Gasteiger partial charge in [0.15, 0.2) is 6.29 Å². The van der Waals surface area contributed by atoms with Gasteiger partial charge in [0.25, 0.3) is 0 Å². The maximum absolute atomic E-state index is 10.5. The second-order valence-corrected chi connectivity index (χ2v) is 3.95. The molecule has 0 unspecified atom stereocenters. The molecule has 2 nitrogen and oxygen atoms in total. The standard InChI is InChI=1S/C8H10INO/c1-6(2)10-4-7(9)3-8(10)5-11/h3-6H,1-2H3. The largest absolute Gasteiger partial charge is 0.342 e. The van der Waals surface area contributed by atoms with E-state index < -0.39 is 0 Å². The summed E-state index contributed by atoms with van der Waals surface area (Å²) in [6.07, 6.45) is 2.87. The van der Waals surface area contributed by atoms with E-state index in [2.05, 4.69) is 36.4 Å². The van der Waals surface area contributed by atoms with Gasteiger partial charge in [-0.1, -0.05) is 0 Å². The number of hydrogen-bond donors (Lipinski definition) is 0. The molecule has 0 saturated carbocycles. The minimum Gasteiger partial charge on any atom is -0.342 e. The van der Waals surface area contributed by atoms with E-state index >= 15 is 0 Å². The molecule has 0 aromatic carbocycles. The van der Waals surface area contributed by atoms with E-state index in [1.54, 1.807) is 0 Å². The molecule has 0 aliphatic carbocycles. The molecule has 0 bridgehead atoms. The topological polar surface area (TPSA) is 22.0 Å². The summed E-state index contributed by atoms with van der Waals surface area (Å²) < 4.78 is 3.08. The van der Waals surface area contributed by atoms with Gasteiger partial charge in [-0.2, -0.15) is 0 Å². The van der Waals surface area contributed by atoms with Gasteiger partial charge in [0.2, 0.25) is 0 Å². The van der Waals surface area contributed by atoms with Gasteiger partial charge < -0.3 is 4.57 Å². The molecular weight excluding hydrogens is 253 g/mol. The van der Waals surface area contributed by atoms with Crippen LogP contribution < -0.4 is 0 Å². The minimum absolute atomic E-state index is 0.360. The molecular formula is C8H10INO. The van der Waals surface area contributed by atoms with Crippen molar-refractivity contribution in [3.05, 3.63) is 21.5 Å². The number of rotatable bonds is 2. The summed E-state index contributed by atoms with van der Waals surface area (Å²) in [7, 11) is 0. The van der Waals surface area contributed by atoms with Crippen LogP contribution in [0.15, 0.2) is 12.3 Å². The van der Waals surface area contributed by atoms with Crippen LogP contribution in [0.4, 0.5) is 0 Å². The third-order valence-corrected chi connectivity index (χ3v) is 2.11. The molecule has 0 aliphatic rings. The normalized spacial score (nSPS) is 10.5. The SMILES string of the molecule is CC(C)n1cc(I)cc1C=O. The van der Waals surface area contributed by atoms with Gasteiger partial charge in [-0.05, 0) is 42.5 Å². The van der Waals surface area contributed by atoms with Crippen LogP contribution in [0.1, 0.15) is 30.4 Å². The van der Waals surface area contributed by atoms with Gasteiger partial charge in [-0.25, -0.2) is 0 Å². The zero-order valence-corrected chi connectivity index (χ0v) is 8.70. The monoisotopic (exact) mass is 263 g/mol. The lowest BCUT2D eigenvalue weighted by Crippen LogP contribution is -2.02. The summed E-state index contributed by atoms with van der Waals surface area (Å²) in [5, 5.41) is 0. The predicted molar refractivity (Wildman–Crippen MR) is 52.9 cm³/mol. The minimum atomic E-state index is 0.360. The molecule has 1 aromatic rings. The van der Waals surface area contributed by atoms with Crippen LogP contribution in [-0.4, -0.2) is 10.9 Å². The fourth-order valence-corrected chi connectivity index (χ4v) is 1.62. The van der Waals surface area contributed by atoms with Crippen molar-refractivity contribution < 1.29 is 4.79 Å². The fourth-order valence-electron chi connectivity index (χ4n) is 1.00. The Balaban J connectivity index is 3.11. The number of carbonyl (C=O) groups is 1. The third-order valence-electron chi connectivity index (χ3n) is 1.52. The number of halogens is 1. The van der Waals surface area contributed by atoms with Gasteiger partial charge in [-0.15, -0.1) is 0 Å². The molecule has 60 valence electrons. The van der Waals surface area contributed by atoms with Crippen LogP contribution in [0.2, 0.25) is 0 Å². The van der Waals surface area contributed by atoms with E-state index in [0.717, 1.165) is 15.6 Å². The van der Waals surface area contributed by atoms with E-state index in [0.29, 0.717) is 6.04 Å². The summed E-state index contributed by atoms with van der Waals surface area (Å²) in [5.41, 5.74) is 0.754. The molecule has 0 saturated heterocycles. The first-order valence-corrected chi connectivity index (χ1v) is 4.55. The second-order valence-electron chi connectivity index (χ2n) is 2.70. The van der Waals surface area contributed by atoms with Gasteiger partial charge in [0, 0.05) is 15.8 Å². The number of hydrogen-bond acceptors (Lipinski definition) is 1. The Morgan fingerprint density at radius 3 is 2.64 bits per heavy atom. The number of nitrogens with zero attached hydrogens (tertiary/aromatic N) is 1. The van der Waals surface area contributed by atoms with Crippen LogP contribution >= 0.6 is 22.6 Å². The molecule has 0 fully saturated rings. The first-order valence-electron chi connectivity index (χ1n) is 3.47. The Labute approximate surface area is 79.7 Å². The Kier molecular flexibility index (Phi) is 2.70. The maximum atomic E-state index is 10.5. The first-order chi connectivity index (χ1) is 5.15. The zero-order chi connectivity index (χ0) is 8.43. The molecule has 1 heterocycles. The van der Waals surface area contributed by atoms with E-state index in [-0.39, 0.29) is 0 Å². The smallest absolute Gasteiger partial charge is 0.166 e. The summed E-state index contributed by atoms with van der Waals surface area (Å²) in [5.74, 6) is 0. The molecule has 0 atom stereocenters. The Morgan fingerprint density at radius 2 is 2.27 bits per heavy atom. The highest BCUT2D eigenvalue weighted by atomic mass is 127. The molecule has 0 spiro atoms. The average Bonchev–Trinajstić information content (AvgIpc) is 2.30. The van der Waals surface area contributed by atoms with Crippen molar-refractivity contribution in [1.29, 1.82) is 0 Å². The summed E-state index contributed by atoms with van der Waals surface area (Å²) >= 11 is 2.20. The summed E-state index contributed by atoms with van der Waals surface area (Å²) in [6, 6.07) is 2.24. The molecule has 0 N–H and O–H groups in total. The van der Waals surface area contributed by atoms with E-state index in [1.807, 2.05) is 16.8 Å². The lowest BCUT2D eigenvalue weighted by atomic mass is 10.3. The van der Waals surface area contributed by atoms with Crippen molar-refractivity contribution in [2.24, 2.45) is 0 Å². The molecule has 0 aliphatic heterocycles. The van der Waals surface area contributed by atoms with Crippen LogP contribution in [0.3, 0.4) is 0 Å². The van der Waals surface area contributed by atoms with Crippen LogP contribution in [0.25, 0.3) is 0 Å². The van der Waals surface area contributed by atoms with E-state index in [9.17, 15) is 4.79 Å². The molecule has 0 radical (unpaired) electrons. The lowest BCUT2D eigenvalue weighted by molar-refractivity contribution is 0.111. The fraction of sp³-hybridized carbons (Fsp3) is 0.375. The van der Waals surface area contributed by atoms with Gasteiger partial charge >= 0.3 is 0 Å². The Hall–Kier alpha value is -0.320. The van der Waals surface area contributed by atoms with Crippen molar-refractivity contribution in [3.63, 3.8) is 0 Å². The molecule has 3 heteroatoms. The number of carbonyl (C=O) groups excluding carboxylic acids is 1. The predicted octanol–water partition coefficient (Wildman–Crippen LogP) is 2.49. The molecule has 1 aromatic heterocycles. The third kappa shape index (κ3) is 1.83. The molecule has 1 rings (SSSR count).